The molecule has 7 heteroatoms. The summed E-state index contributed by atoms with van der Waals surface area (Å²) in [5, 5.41) is 2.86. The number of hydrogen-bond donors (Lipinski definition) is 1. The van der Waals surface area contributed by atoms with Crippen LogP contribution in [0, 0.1) is 0 Å². The van der Waals surface area contributed by atoms with Crippen molar-refractivity contribution in [2.24, 2.45) is 0 Å². The zero-order valence-corrected chi connectivity index (χ0v) is 12.7. The number of pyridine rings is 1. The molecular formula is C15H19N3O4. The van der Waals surface area contributed by atoms with Crippen molar-refractivity contribution in [1.82, 2.24) is 15.2 Å². The molecule has 1 aliphatic heterocycles. The van der Waals surface area contributed by atoms with E-state index < -0.39 is 5.97 Å². The summed E-state index contributed by atoms with van der Waals surface area (Å²) in [5.74, 6) is -0.714. The maximum atomic E-state index is 12.1. The molecule has 1 aromatic heterocycles. The van der Waals surface area contributed by atoms with Crippen LogP contribution in [0.15, 0.2) is 18.3 Å². The van der Waals surface area contributed by atoms with E-state index in [1.54, 1.807) is 4.90 Å². The lowest BCUT2D eigenvalue weighted by Gasteiger charge is -2.16. The number of likely N-dealkylation sites (tertiary alicyclic amines) is 1. The quantitative estimate of drug-likeness (QED) is 0.823. The van der Waals surface area contributed by atoms with Crippen LogP contribution in [0.5, 0.6) is 0 Å². The molecule has 2 amide bonds. The van der Waals surface area contributed by atoms with Crippen LogP contribution in [0.2, 0.25) is 0 Å². The molecule has 0 radical (unpaired) electrons. The second kappa shape index (κ2) is 7.02. The van der Waals surface area contributed by atoms with Gasteiger partial charge in [-0.3, -0.25) is 14.6 Å². The topological polar surface area (TPSA) is 88.6 Å². The van der Waals surface area contributed by atoms with Crippen LogP contribution in [0.25, 0.3) is 0 Å². The van der Waals surface area contributed by atoms with E-state index in [4.69, 9.17) is 0 Å². The Hall–Kier alpha value is -2.44. The predicted molar refractivity (Wildman–Crippen MR) is 78.3 cm³/mol. The number of hydrogen-bond acceptors (Lipinski definition) is 5. The van der Waals surface area contributed by atoms with Gasteiger partial charge in [-0.15, -0.1) is 0 Å². The Bertz CT molecular complexity index is 571. The van der Waals surface area contributed by atoms with Crippen molar-refractivity contribution in [3.8, 4) is 0 Å². The average molecular weight is 305 g/mol. The molecule has 0 bridgehead atoms. The first-order valence-corrected chi connectivity index (χ1v) is 7.18. The van der Waals surface area contributed by atoms with Gasteiger partial charge in [-0.1, -0.05) is 6.92 Å². The number of aromatic nitrogens is 1. The zero-order valence-electron chi connectivity index (χ0n) is 12.7. The predicted octanol–water partition coefficient (Wildman–Crippen LogP) is 0.609. The van der Waals surface area contributed by atoms with E-state index in [1.807, 2.05) is 6.92 Å². The Morgan fingerprint density at radius 3 is 2.77 bits per heavy atom. The van der Waals surface area contributed by atoms with Gasteiger partial charge >= 0.3 is 5.97 Å². The van der Waals surface area contributed by atoms with Crippen molar-refractivity contribution in [3.63, 3.8) is 0 Å². The molecule has 1 N–H and O–H groups in total. The standard InChI is InChI=1S/C15H19N3O4/c1-3-13(19)18-7-6-11(9-18)17-14(20)12-5-4-10(8-16-12)15(21)22-2/h4-5,8,11H,3,6-7,9H2,1-2H3,(H,17,20). The van der Waals surface area contributed by atoms with Gasteiger partial charge in [0.05, 0.1) is 12.7 Å². The first kappa shape index (κ1) is 15.9. The first-order valence-electron chi connectivity index (χ1n) is 7.18. The molecule has 0 spiro atoms. The van der Waals surface area contributed by atoms with Gasteiger partial charge in [0.25, 0.3) is 5.91 Å². The summed E-state index contributed by atoms with van der Waals surface area (Å²) in [4.78, 5) is 40.7. The molecule has 1 fully saturated rings. The molecule has 0 aliphatic carbocycles. The Morgan fingerprint density at radius 2 is 2.18 bits per heavy atom. The van der Waals surface area contributed by atoms with E-state index in [1.165, 1.54) is 25.4 Å². The number of amides is 2. The van der Waals surface area contributed by atoms with Crippen LogP contribution >= 0.6 is 0 Å². The molecule has 1 atom stereocenters. The van der Waals surface area contributed by atoms with Gasteiger partial charge in [-0.2, -0.15) is 0 Å². The van der Waals surface area contributed by atoms with Gasteiger partial charge < -0.3 is 15.0 Å². The highest BCUT2D eigenvalue weighted by molar-refractivity contribution is 5.94. The normalized spacial score (nSPS) is 17.2. The molecule has 0 saturated carbocycles. The number of methoxy groups -OCH3 is 1. The lowest BCUT2D eigenvalue weighted by atomic mass is 10.2. The summed E-state index contributed by atoms with van der Waals surface area (Å²) in [6.07, 6.45) is 2.51. The van der Waals surface area contributed by atoms with Crippen molar-refractivity contribution in [1.29, 1.82) is 0 Å². The van der Waals surface area contributed by atoms with Gasteiger partial charge in [0.1, 0.15) is 5.69 Å². The minimum atomic E-state index is -0.496. The fourth-order valence-electron chi connectivity index (χ4n) is 2.35. The van der Waals surface area contributed by atoms with Crippen molar-refractivity contribution < 1.29 is 19.1 Å². The maximum absolute atomic E-state index is 12.1. The summed E-state index contributed by atoms with van der Waals surface area (Å²) in [7, 11) is 1.28. The Balaban J connectivity index is 1.93. The van der Waals surface area contributed by atoms with Gasteiger partial charge in [-0.05, 0) is 18.6 Å². The number of nitrogens with zero attached hydrogens (tertiary/aromatic N) is 2. The minimum absolute atomic E-state index is 0.0647. The summed E-state index contributed by atoms with van der Waals surface area (Å²) in [6.45, 7) is 3.01. The third kappa shape index (κ3) is 3.60. The Morgan fingerprint density at radius 1 is 1.41 bits per heavy atom. The van der Waals surface area contributed by atoms with Gasteiger partial charge in [-0.25, -0.2) is 4.79 Å². The summed E-state index contributed by atoms with van der Waals surface area (Å²) in [5.41, 5.74) is 0.521. The van der Waals surface area contributed by atoms with E-state index in [0.717, 1.165) is 6.42 Å². The lowest BCUT2D eigenvalue weighted by Crippen LogP contribution is -2.38. The number of esters is 1. The van der Waals surface area contributed by atoms with E-state index >= 15 is 0 Å². The van der Waals surface area contributed by atoms with Crippen molar-refractivity contribution in [2.45, 2.75) is 25.8 Å². The van der Waals surface area contributed by atoms with E-state index in [2.05, 4.69) is 15.0 Å². The third-order valence-electron chi connectivity index (χ3n) is 3.60. The van der Waals surface area contributed by atoms with E-state index in [9.17, 15) is 14.4 Å². The van der Waals surface area contributed by atoms with Crippen LogP contribution in [0.1, 0.15) is 40.6 Å². The molecule has 22 heavy (non-hydrogen) atoms. The van der Waals surface area contributed by atoms with Gasteiger partial charge in [0.2, 0.25) is 5.91 Å². The van der Waals surface area contributed by atoms with Crippen molar-refractivity contribution >= 4 is 17.8 Å². The number of rotatable bonds is 4. The molecule has 2 rings (SSSR count). The second-order valence-corrected chi connectivity index (χ2v) is 5.08. The molecule has 118 valence electrons. The highest BCUT2D eigenvalue weighted by atomic mass is 16.5. The molecule has 1 aromatic rings. The van der Waals surface area contributed by atoms with Crippen LogP contribution in [-0.4, -0.2) is 53.9 Å². The fraction of sp³-hybridized carbons (Fsp3) is 0.467. The third-order valence-corrected chi connectivity index (χ3v) is 3.60. The molecule has 2 heterocycles. The van der Waals surface area contributed by atoms with Crippen LogP contribution in [0.4, 0.5) is 0 Å². The number of nitrogens with one attached hydrogen (secondary N) is 1. The smallest absolute Gasteiger partial charge is 0.339 e. The summed E-state index contributed by atoms with van der Waals surface area (Å²) in [6, 6.07) is 2.91. The monoisotopic (exact) mass is 305 g/mol. The summed E-state index contributed by atoms with van der Waals surface area (Å²) < 4.78 is 4.57. The lowest BCUT2D eigenvalue weighted by molar-refractivity contribution is -0.129. The minimum Gasteiger partial charge on any atom is -0.465 e. The molecule has 1 aliphatic rings. The summed E-state index contributed by atoms with van der Waals surface area (Å²) >= 11 is 0. The van der Waals surface area contributed by atoms with Crippen molar-refractivity contribution in [3.05, 3.63) is 29.6 Å². The Labute approximate surface area is 128 Å². The van der Waals surface area contributed by atoms with E-state index in [-0.39, 0.29) is 23.6 Å². The molecule has 0 aromatic carbocycles. The second-order valence-electron chi connectivity index (χ2n) is 5.08. The highest BCUT2D eigenvalue weighted by Gasteiger charge is 2.26. The maximum Gasteiger partial charge on any atom is 0.339 e. The van der Waals surface area contributed by atoms with Crippen LogP contribution in [-0.2, 0) is 9.53 Å². The fourth-order valence-corrected chi connectivity index (χ4v) is 2.35. The average Bonchev–Trinajstić information content (AvgIpc) is 3.01. The largest absolute Gasteiger partial charge is 0.465 e. The van der Waals surface area contributed by atoms with Crippen molar-refractivity contribution in [2.75, 3.05) is 20.2 Å². The first-order chi connectivity index (χ1) is 10.5. The Kier molecular flexibility index (Phi) is 5.08. The van der Waals surface area contributed by atoms with Gasteiger partial charge in [0.15, 0.2) is 0 Å². The highest BCUT2D eigenvalue weighted by Crippen LogP contribution is 2.11. The molecule has 7 nitrogen and oxygen atoms in total. The van der Waals surface area contributed by atoms with E-state index in [0.29, 0.717) is 25.1 Å². The molecule has 1 saturated heterocycles. The number of ether oxygens (including phenoxy) is 1. The number of carbonyl (C=O) groups is 3. The zero-order chi connectivity index (χ0) is 16.1. The van der Waals surface area contributed by atoms with Gasteiger partial charge in [0, 0.05) is 31.7 Å². The van der Waals surface area contributed by atoms with Crippen LogP contribution in [0.3, 0.4) is 0 Å². The number of carbonyl (C=O) groups excluding carboxylic acids is 3. The SMILES string of the molecule is CCC(=O)N1CCC(NC(=O)c2ccc(C(=O)OC)cn2)C1. The molecular weight excluding hydrogens is 286 g/mol. The van der Waals surface area contributed by atoms with Crippen LogP contribution < -0.4 is 5.32 Å². The molecule has 1 unspecified atom stereocenters.